The predicted octanol–water partition coefficient (Wildman–Crippen LogP) is 1.46. The van der Waals surface area contributed by atoms with E-state index in [0.717, 1.165) is 11.5 Å². The summed E-state index contributed by atoms with van der Waals surface area (Å²) in [5.74, 6) is 1.37. The highest BCUT2D eigenvalue weighted by molar-refractivity contribution is 8.76. The van der Waals surface area contributed by atoms with Crippen molar-refractivity contribution in [3.05, 3.63) is 25.3 Å². The normalized spacial score (nSPS) is 9.25. The quantitative estimate of drug-likeness (QED) is 0.376. The molecule has 0 rings (SSSR count). The maximum Gasteiger partial charge on any atom is 0.243 e. The predicted molar refractivity (Wildman–Crippen MR) is 75.6 cm³/mol. The molecule has 0 aromatic rings. The van der Waals surface area contributed by atoms with Crippen molar-refractivity contribution in [2.24, 2.45) is 0 Å². The van der Waals surface area contributed by atoms with E-state index in [1.807, 2.05) is 0 Å². The first-order valence-corrected chi connectivity index (χ1v) is 7.24. The monoisotopic (exact) mass is 264 g/mol. The van der Waals surface area contributed by atoms with Crippen molar-refractivity contribution < 1.29 is 12.4 Å². The lowest BCUT2D eigenvalue weighted by molar-refractivity contribution is -0.117. The van der Waals surface area contributed by atoms with Crippen LogP contribution < -0.4 is 10.6 Å². The number of nitrogens with one attached hydrogen (secondary N) is 2. The second-order valence-corrected chi connectivity index (χ2v) is 5.34. The lowest BCUT2D eigenvalue weighted by Crippen LogP contribution is -2.23. The van der Waals surface area contributed by atoms with Crippen LogP contribution in [-0.4, -0.2) is 36.4 Å². The zero-order valence-corrected chi connectivity index (χ0v) is 10.7. The molecule has 0 atom stereocenters. The van der Waals surface area contributed by atoms with Crippen molar-refractivity contribution in [1.29, 1.82) is 0 Å². The van der Waals surface area contributed by atoms with E-state index < -0.39 is 0 Å². The van der Waals surface area contributed by atoms with E-state index in [2.05, 4.69) is 23.8 Å². The largest absolute Gasteiger partial charge is 0.352 e. The van der Waals surface area contributed by atoms with Gasteiger partial charge in [0.1, 0.15) is 0 Å². The Morgan fingerprint density at radius 2 is 1.38 bits per heavy atom. The summed E-state index contributed by atoms with van der Waals surface area (Å²) in [4.78, 5) is 21.5. The van der Waals surface area contributed by atoms with E-state index in [9.17, 15) is 9.59 Å². The number of amides is 2. The zero-order chi connectivity index (χ0) is 12.2. The van der Waals surface area contributed by atoms with Gasteiger partial charge < -0.3 is 10.6 Å². The molecule has 0 heterocycles. The number of hydrogen-bond acceptors (Lipinski definition) is 4. The molecule has 0 bridgehead atoms. The van der Waals surface area contributed by atoms with Crippen LogP contribution in [0, 0.1) is 0 Å². The molecule has 0 unspecified atom stereocenters. The van der Waals surface area contributed by atoms with Crippen molar-refractivity contribution in [1.82, 2.24) is 10.6 Å². The van der Waals surface area contributed by atoms with E-state index in [-0.39, 0.29) is 14.7 Å². The van der Waals surface area contributed by atoms with Crippen LogP contribution in [0.3, 0.4) is 0 Å². The summed E-state index contributed by atoms with van der Waals surface area (Å²) in [6.07, 6.45) is 2.51. The highest BCUT2D eigenvalue weighted by atomic mass is 33.1. The minimum absolute atomic E-state index is 0. The Balaban J connectivity index is -0.00000112. The molecule has 0 aliphatic rings. The molecule has 0 fully saturated rings. The molecular formula is C10H20N2O2S2. The lowest BCUT2D eigenvalue weighted by atomic mass is 10.6. The van der Waals surface area contributed by atoms with Gasteiger partial charge in [-0.2, -0.15) is 0 Å². The van der Waals surface area contributed by atoms with Crippen LogP contribution in [0.15, 0.2) is 25.3 Å². The second kappa shape index (κ2) is 10.6. The summed E-state index contributed by atoms with van der Waals surface area (Å²) in [6.45, 7) is 7.96. The summed E-state index contributed by atoms with van der Waals surface area (Å²) in [7, 11) is 3.31. The Morgan fingerprint density at radius 3 is 1.69 bits per heavy atom. The van der Waals surface area contributed by atoms with Gasteiger partial charge in [-0.15, -0.1) is 0 Å². The molecular weight excluding hydrogens is 244 g/mol. The van der Waals surface area contributed by atoms with E-state index >= 15 is 0 Å². The van der Waals surface area contributed by atoms with E-state index in [4.69, 9.17) is 0 Å². The molecule has 0 aliphatic heterocycles. The maximum absolute atomic E-state index is 10.8. The third-order valence-corrected chi connectivity index (χ3v) is 3.83. The first kappa shape index (κ1) is 15.1. The van der Waals surface area contributed by atoms with Crippen LogP contribution in [-0.2, 0) is 9.59 Å². The number of carbonyl (C=O) groups is 2. The Labute approximate surface area is 107 Å². The SMILES string of the molecule is C=CC(=O)NCCSSCCNC(=O)C=C.[HH].[HH]. The molecule has 0 aliphatic carbocycles. The Bertz CT molecular complexity index is 240. The molecule has 0 spiro atoms. The van der Waals surface area contributed by atoms with Gasteiger partial charge in [-0.3, -0.25) is 9.59 Å². The molecule has 2 N–H and O–H groups in total. The van der Waals surface area contributed by atoms with Crippen LogP contribution >= 0.6 is 21.6 Å². The van der Waals surface area contributed by atoms with Gasteiger partial charge in [0.05, 0.1) is 0 Å². The third kappa shape index (κ3) is 9.67. The molecule has 0 aromatic heterocycles. The van der Waals surface area contributed by atoms with Crippen LogP contribution in [0.25, 0.3) is 0 Å². The Hall–Kier alpha value is -0.880. The van der Waals surface area contributed by atoms with Gasteiger partial charge in [-0.25, -0.2) is 0 Å². The molecule has 2 amide bonds. The minimum atomic E-state index is -0.149. The van der Waals surface area contributed by atoms with E-state index in [1.165, 1.54) is 12.2 Å². The topological polar surface area (TPSA) is 58.2 Å². The zero-order valence-electron chi connectivity index (χ0n) is 9.03. The highest BCUT2D eigenvalue weighted by Crippen LogP contribution is 2.19. The van der Waals surface area contributed by atoms with Crippen LogP contribution in [0.2, 0.25) is 0 Å². The summed E-state index contributed by atoms with van der Waals surface area (Å²) in [5, 5.41) is 5.35. The van der Waals surface area contributed by atoms with Gasteiger partial charge in [-0.1, -0.05) is 34.7 Å². The first-order chi connectivity index (χ1) is 7.70. The fraction of sp³-hybridized carbons (Fsp3) is 0.400. The van der Waals surface area contributed by atoms with Crippen molar-refractivity contribution >= 4 is 33.4 Å². The summed E-state index contributed by atoms with van der Waals surface area (Å²) < 4.78 is 0. The molecule has 94 valence electrons. The summed E-state index contributed by atoms with van der Waals surface area (Å²) in [6, 6.07) is 0. The van der Waals surface area contributed by atoms with Crippen LogP contribution in [0.1, 0.15) is 2.85 Å². The van der Waals surface area contributed by atoms with Gasteiger partial charge in [0.25, 0.3) is 0 Å². The molecule has 0 saturated heterocycles. The fourth-order valence-corrected chi connectivity index (χ4v) is 2.51. The van der Waals surface area contributed by atoms with Gasteiger partial charge >= 0.3 is 0 Å². The molecule has 0 saturated carbocycles. The van der Waals surface area contributed by atoms with Gasteiger partial charge in [-0.05, 0) is 12.2 Å². The smallest absolute Gasteiger partial charge is 0.243 e. The minimum Gasteiger partial charge on any atom is -0.352 e. The fourth-order valence-electron chi connectivity index (χ4n) is 0.694. The third-order valence-electron chi connectivity index (χ3n) is 1.42. The maximum atomic E-state index is 10.8. The number of hydrogen-bond donors (Lipinski definition) is 2. The van der Waals surface area contributed by atoms with Gasteiger partial charge in [0.2, 0.25) is 11.8 Å². The molecule has 6 heteroatoms. The van der Waals surface area contributed by atoms with Crippen LogP contribution in [0.5, 0.6) is 0 Å². The average Bonchev–Trinajstić information content (AvgIpc) is 2.31. The molecule has 16 heavy (non-hydrogen) atoms. The van der Waals surface area contributed by atoms with Crippen molar-refractivity contribution in [3.8, 4) is 0 Å². The lowest BCUT2D eigenvalue weighted by Gasteiger charge is -2.03. The van der Waals surface area contributed by atoms with E-state index in [1.54, 1.807) is 21.6 Å². The Morgan fingerprint density at radius 1 is 1.00 bits per heavy atom. The number of rotatable bonds is 9. The second-order valence-electron chi connectivity index (χ2n) is 2.63. The van der Waals surface area contributed by atoms with Crippen molar-refractivity contribution in [2.75, 3.05) is 24.6 Å². The molecule has 0 radical (unpaired) electrons. The van der Waals surface area contributed by atoms with Crippen molar-refractivity contribution in [3.63, 3.8) is 0 Å². The van der Waals surface area contributed by atoms with Crippen LogP contribution in [0.4, 0.5) is 0 Å². The average molecular weight is 264 g/mol. The highest BCUT2D eigenvalue weighted by Gasteiger charge is 1.95. The summed E-state index contributed by atoms with van der Waals surface area (Å²) >= 11 is 0. The Kier molecular flexibility index (Phi) is 10.0. The summed E-state index contributed by atoms with van der Waals surface area (Å²) in [5.41, 5.74) is 0. The first-order valence-electron chi connectivity index (χ1n) is 4.75. The van der Waals surface area contributed by atoms with Gasteiger partial charge in [0.15, 0.2) is 0 Å². The standard InChI is InChI=1S/C10H16N2O2S2.2H2/c1-3-9(13)11-5-7-15-16-8-6-12-10(14)4-2;;/h3-4H,1-2,5-8H2,(H,11,13)(H,12,14);2*1H. The number of carbonyl (C=O) groups excluding carboxylic acids is 2. The molecule has 4 nitrogen and oxygen atoms in total. The van der Waals surface area contributed by atoms with Crippen molar-refractivity contribution in [2.45, 2.75) is 0 Å². The van der Waals surface area contributed by atoms with Gasteiger partial charge in [0, 0.05) is 27.4 Å². The van der Waals surface area contributed by atoms with E-state index in [0.29, 0.717) is 13.1 Å². The molecule has 0 aromatic carbocycles.